The Kier molecular flexibility index (Phi) is 3.42. The third-order valence-electron chi connectivity index (χ3n) is 2.62. The van der Waals surface area contributed by atoms with Crippen LogP contribution in [0.1, 0.15) is 19.7 Å². The van der Waals surface area contributed by atoms with E-state index in [0.717, 1.165) is 12.2 Å². The highest BCUT2D eigenvalue weighted by Crippen LogP contribution is 2.08. The molecule has 0 saturated carbocycles. The van der Waals surface area contributed by atoms with Crippen LogP contribution in [0.5, 0.6) is 0 Å². The van der Waals surface area contributed by atoms with Crippen LogP contribution in [0.4, 0.5) is 0 Å². The largest absolute Gasteiger partial charge is 0.317 e. The fourth-order valence-corrected chi connectivity index (χ4v) is 1.25. The van der Waals surface area contributed by atoms with Crippen LogP contribution in [0.25, 0.3) is 0 Å². The molecule has 0 spiro atoms. The number of nitrogens with zero attached hydrogens (tertiary/aromatic N) is 3. The third-order valence-corrected chi connectivity index (χ3v) is 2.62. The smallest absolute Gasteiger partial charge is 0.138 e. The average molecular weight is 182 g/mol. The topological polar surface area (TPSA) is 42.7 Å². The number of hydrogen-bond acceptors (Lipinski definition) is 3. The first-order chi connectivity index (χ1) is 6.15. The summed E-state index contributed by atoms with van der Waals surface area (Å²) < 4.78 is 1.83. The van der Waals surface area contributed by atoms with Crippen molar-refractivity contribution in [2.75, 3.05) is 7.05 Å². The van der Waals surface area contributed by atoms with E-state index >= 15 is 0 Å². The highest BCUT2D eigenvalue weighted by Gasteiger charge is 2.13. The zero-order valence-corrected chi connectivity index (χ0v) is 8.78. The summed E-state index contributed by atoms with van der Waals surface area (Å²) in [5, 5.41) is 7.28. The molecule has 1 aromatic heterocycles. The van der Waals surface area contributed by atoms with Gasteiger partial charge in [0.05, 0.1) is 0 Å². The van der Waals surface area contributed by atoms with Crippen LogP contribution >= 0.6 is 0 Å². The average Bonchev–Trinajstić information content (AvgIpc) is 2.50. The van der Waals surface area contributed by atoms with Crippen molar-refractivity contribution in [3.05, 3.63) is 12.2 Å². The van der Waals surface area contributed by atoms with Gasteiger partial charge >= 0.3 is 0 Å². The molecule has 0 aromatic carbocycles. The van der Waals surface area contributed by atoms with Crippen LogP contribution in [0, 0.1) is 5.92 Å². The van der Waals surface area contributed by atoms with Crippen molar-refractivity contribution in [3.63, 3.8) is 0 Å². The Balaban J connectivity index is 2.54. The number of aromatic nitrogens is 3. The van der Waals surface area contributed by atoms with Crippen LogP contribution in [0.2, 0.25) is 0 Å². The van der Waals surface area contributed by atoms with Gasteiger partial charge in [0.2, 0.25) is 0 Å². The van der Waals surface area contributed by atoms with Gasteiger partial charge in [-0.15, -0.1) is 0 Å². The van der Waals surface area contributed by atoms with E-state index in [0.29, 0.717) is 12.0 Å². The standard InChI is InChI=1S/C9H18N4/c1-7(8(2)10-3)5-9-11-6-12-13(9)4/h6-8,10H,5H2,1-4H3. The van der Waals surface area contributed by atoms with Crippen molar-refractivity contribution in [2.24, 2.45) is 13.0 Å². The second-order valence-corrected chi connectivity index (χ2v) is 3.56. The Morgan fingerprint density at radius 1 is 1.54 bits per heavy atom. The zero-order valence-electron chi connectivity index (χ0n) is 8.78. The summed E-state index contributed by atoms with van der Waals surface area (Å²) in [5.74, 6) is 1.63. The van der Waals surface area contributed by atoms with Gasteiger partial charge in [0.15, 0.2) is 0 Å². The molecule has 1 aromatic rings. The van der Waals surface area contributed by atoms with E-state index < -0.39 is 0 Å². The summed E-state index contributed by atoms with van der Waals surface area (Å²) in [6, 6.07) is 0.511. The van der Waals surface area contributed by atoms with Gasteiger partial charge in [0.1, 0.15) is 12.2 Å². The minimum absolute atomic E-state index is 0.511. The molecule has 0 aliphatic carbocycles. The molecular weight excluding hydrogens is 164 g/mol. The predicted octanol–water partition coefficient (Wildman–Crippen LogP) is 0.602. The maximum atomic E-state index is 4.20. The van der Waals surface area contributed by atoms with E-state index in [1.54, 1.807) is 6.33 Å². The Hall–Kier alpha value is -0.900. The summed E-state index contributed by atoms with van der Waals surface area (Å²) in [5.41, 5.74) is 0. The molecule has 2 unspecified atom stereocenters. The molecule has 4 nitrogen and oxygen atoms in total. The first kappa shape index (κ1) is 10.2. The summed E-state index contributed by atoms with van der Waals surface area (Å²) in [6.45, 7) is 4.40. The maximum absolute atomic E-state index is 4.20. The van der Waals surface area contributed by atoms with Crippen molar-refractivity contribution < 1.29 is 0 Å². The quantitative estimate of drug-likeness (QED) is 0.741. The van der Waals surface area contributed by atoms with Crippen LogP contribution < -0.4 is 5.32 Å². The van der Waals surface area contributed by atoms with Crippen molar-refractivity contribution >= 4 is 0 Å². The minimum Gasteiger partial charge on any atom is -0.317 e. The summed E-state index contributed by atoms with van der Waals surface area (Å²) >= 11 is 0. The summed E-state index contributed by atoms with van der Waals surface area (Å²) in [4.78, 5) is 4.20. The van der Waals surface area contributed by atoms with Gasteiger partial charge in [-0.3, -0.25) is 4.68 Å². The molecule has 0 bridgehead atoms. The number of rotatable bonds is 4. The SMILES string of the molecule is CNC(C)C(C)Cc1ncnn1C. The van der Waals surface area contributed by atoms with Crippen LogP contribution in [0.3, 0.4) is 0 Å². The highest BCUT2D eigenvalue weighted by atomic mass is 15.3. The van der Waals surface area contributed by atoms with Gasteiger partial charge in [-0.1, -0.05) is 6.92 Å². The molecular formula is C9H18N4. The highest BCUT2D eigenvalue weighted by molar-refractivity contribution is 4.87. The molecule has 0 amide bonds. The Morgan fingerprint density at radius 3 is 2.69 bits per heavy atom. The predicted molar refractivity (Wildman–Crippen MR) is 52.4 cm³/mol. The van der Waals surface area contributed by atoms with Gasteiger partial charge in [-0.05, 0) is 19.9 Å². The fraction of sp³-hybridized carbons (Fsp3) is 0.778. The monoisotopic (exact) mass is 182 g/mol. The molecule has 4 heteroatoms. The maximum Gasteiger partial charge on any atom is 0.138 e. The molecule has 0 saturated heterocycles. The lowest BCUT2D eigenvalue weighted by atomic mass is 10.00. The molecule has 1 rings (SSSR count). The van der Waals surface area contributed by atoms with Crippen molar-refractivity contribution in [2.45, 2.75) is 26.3 Å². The third kappa shape index (κ3) is 2.52. The Bertz CT molecular complexity index is 256. The second-order valence-electron chi connectivity index (χ2n) is 3.56. The molecule has 0 aliphatic rings. The van der Waals surface area contributed by atoms with Gasteiger partial charge in [0.25, 0.3) is 0 Å². The lowest BCUT2D eigenvalue weighted by Crippen LogP contribution is -2.30. The molecule has 1 heterocycles. The number of aryl methyl sites for hydroxylation is 1. The van der Waals surface area contributed by atoms with E-state index in [4.69, 9.17) is 0 Å². The first-order valence-corrected chi connectivity index (χ1v) is 4.65. The molecule has 0 radical (unpaired) electrons. The van der Waals surface area contributed by atoms with Crippen molar-refractivity contribution in [3.8, 4) is 0 Å². The van der Waals surface area contributed by atoms with Crippen LogP contribution in [-0.2, 0) is 13.5 Å². The van der Waals surface area contributed by atoms with Gasteiger partial charge < -0.3 is 5.32 Å². The van der Waals surface area contributed by atoms with Crippen LogP contribution in [-0.4, -0.2) is 27.9 Å². The zero-order chi connectivity index (χ0) is 9.84. The summed E-state index contributed by atoms with van der Waals surface area (Å²) in [6.07, 6.45) is 2.57. The summed E-state index contributed by atoms with van der Waals surface area (Å²) in [7, 11) is 3.91. The molecule has 74 valence electrons. The van der Waals surface area contributed by atoms with E-state index in [-0.39, 0.29) is 0 Å². The normalized spacial score (nSPS) is 15.7. The van der Waals surface area contributed by atoms with Crippen molar-refractivity contribution in [1.82, 2.24) is 20.1 Å². The van der Waals surface area contributed by atoms with Gasteiger partial charge in [0, 0.05) is 19.5 Å². The van der Waals surface area contributed by atoms with Crippen molar-refractivity contribution in [1.29, 1.82) is 0 Å². The fourth-order valence-electron chi connectivity index (χ4n) is 1.25. The minimum atomic E-state index is 0.511. The number of hydrogen-bond donors (Lipinski definition) is 1. The van der Waals surface area contributed by atoms with E-state index in [1.165, 1.54) is 0 Å². The second kappa shape index (κ2) is 4.37. The van der Waals surface area contributed by atoms with E-state index in [9.17, 15) is 0 Å². The molecule has 2 atom stereocenters. The molecule has 1 N–H and O–H groups in total. The lowest BCUT2D eigenvalue weighted by molar-refractivity contribution is 0.411. The van der Waals surface area contributed by atoms with Crippen LogP contribution in [0.15, 0.2) is 6.33 Å². The molecule has 0 aliphatic heterocycles. The molecule has 13 heavy (non-hydrogen) atoms. The molecule has 0 fully saturated rings. The number of nitrogens with one attached hydrogen (secondary N) is 1. The van der Waals surface area contributed by atoms with E-state index in [2.05, 4.69) is 29.2 Å². The van der Waals surface area contributed by atoms with Gasteiger partial charge in [-0.25, -0.2) is 4.98 Å². The lowest BCUT2D eigenvalue weighted by Gasteiger charge is -2.18. The Morgan fingerprint density at radius 2 is 2.23 bits per heavy atom. The Labute approximate surface area is 79.4 Å². The van der Waals surface area contributed by atoms with E-state index in [1.807, 2.05) is 18.8 Å². The van der Waals surface area contributed by atoms with Gasteiger partial charge in [-0.2, -0.15) is 5.10 Å². The first-order valence-electron chi connectivity index (χ1n) is 4.65.